The van der Waals surface area contributed by atoms with Crippen molar-refractivity contribution in [1.29, 1.82) is 0 Å². The predicted molar refractivity (Wildman–Crippen MR) is 94.0 cm³/mol. The molecule has 0 saturated heterocycles. The number of allylic oxidation sites excluding steroid dienone is 1. The summed E-state index contributed by atoms with van der Waals surface area (Å²) in [7, 11) is 0. The maximum absolute atomic E-state index is 13.0. The molecule has 3 rings (SSSR count). The van der Waals surface area contributed by atoms with Gasteiger partial charge < -0.3 is 4.42 Å². The Hall–Kier alpha value is -3.29. The van der Waals surface area contributed by atoms with E-state index in [2.05, 4.69) is 0 Å². The minimum atomic E-state index is -4.95. The molecule has 0 N–H and O–H groups in total. The van der Waals surface area contributed by atoms with Crippen molar-refractivity contribution in [3.05, 3.63) is 89.2 Å². The lowest BCUT2D eigenvalue weighted by Crippen LogP contribution is -2.11. The molecule has 0 amide bonds. The Morgan fingerprint density at radius 3 is 1.93 bits per heavy atom. The molecule has 0 aliphatic carbocycles. The van der Waals surface area contributed by atoms with Gasteiger partial charge >= 0.3 is 12.4 Å². The molecule has 29 heavy (non-hydrogen) atoms. The molecule has 0 atom stereocenters. The van der Waals surface area contributed by atoms with Crippen LogP contribution in [0.25, 0.3) is 17.4 Å². The van der Waals surface area contributed by atoms with Gasteiger partial charge in [0.05, 0.1) is 11.1 Å². The van der Waals surface area contributed by atoms with E-state index in [1.165, 1.54) is 24.3 Å². The summed E-state index contributed by atoms with van der Waals surface area (Å²) in [5.41, 5.74) is -2.82. The highest BCUT2D eigenvalue weighted by Gasteiger charge is 2.37. The lowest BCUT2D eigenvalue weighted by molar-refractivity contribution is -0.143. The third-order valence-electron chi connectivity index (χ3n) is 3.96. The Labute approximate surface area is 161 Å². The van der Waals surface area contributed by atoms with Gasteiger partial charge in [0, 0.05) is 11.1 Å². The largest absolute Gasteiger partial charge is 0.457 e. The highest BCUT2D eigenvalue weighted by atomic mass is 19.4. The fraction of sp³-hybridized carbons (Fsp3) is 0.0952. The molecule has 2 aromatic carbocycles. The highest BCUT2D eigenvalue weighted by molar-refractivity contribution is 6.06. The summed E-state index contributed by atoms with van der Waals surface area (Å²) in [4.78, 5) is 12.0. The maximum Gasteiger partial charge on any atom is 0.416 e. The van der Waals surface area contributed by atoms with Gasteiger partial charge in [0.2, 0.25) is 0 Å². The van der Waals surface area contributed by atoms with Crippen molar-refractivity contribution < 1.29 is 35.6 Å². The van der Waals surface area contributed by atoms with Crippen molar-refractivity contribution in [1.82, 2.24) is 0 Å². The molecular formula is C21H12F6O2. The standard InChI is InChI=1S/C21H12F6O2/c22-20(23,24)15-10-14(11-16(12-15)21(25,26)27)19-9-7-17(29-19)6-8-18(28)13-4-2-1-3-5-13/h1-12H/b8-6-. The van der Waals surface area contributed by atoms with Crippen LogP contribution in [0.1, 0.15) is 27.2 Å². The number of rotatable bonds is 4. The summed E-state index contributed by atoms with van der Waals surface area (Å²) in [6, 6.07) is 12.1. The number of alkyl halides is 6. The van der Waals surface area contributed by atoms with Crippen LogP contribution in [-0.2, 0) is 12.4 Å². The SMILES string of the molecule is O=C(/C=C\c1ccc(-c2cc(C(F)(F)F)cc(C(F)(F)F)c2)o1)c1ccccc1. The first-order valence-electron chi connectivity index (χ1n) is 8.21. The fourth-order valence-corrected chi connectivity index (χ4v) is 2.55. The minimum Gasteiger partial charge on any atom is -0.457 e. The molecule has 150 valence electrons. The number of benzene rings is 2. The summed E-state index contributed by atoms with van der Waals surface area (Å²) >= 11 is 0. The Bertz CT molecular complexity index is 1010. The van der Waals surface area contributed by atoms with Crippen LogP contribution in [0, 0.1) is 0 Å². The zero-order valence-corrected chi connectivity index (χ0v) is 14.5. The zero-order chi connectivity index (χ0) is 21.2. The van der Waals surface area contributed by atoms with E-state index in [-0.39, 0.29) is 28.9 Å². The monoisotopic (exact) mass is 410 g/mol. The Kier molecular flexibility index (Phi) is 5.37. The van der Waals surface area contributed by atoms with Crippen LogP contribution in [0.4, 0.5) is 26.3 Å². The number of carbonyl (C=O) groups is 1. The molecule has 3 aromatic rings. The summed E-state index contributed by atoms with van der Waals surface area (Å²) in [6.07, 6.45) is -7.41. The molecule has 1 aromatic heterocycles. The van der Waals surface area contributed by atoms with Crippen molar-refractivity contribution in [2.75, 3.05) is 0 Å². The van der Waals surface area contributed by atoms with E-state index in [1.54, 1.807) is 30.3 Å². The molecule has 0 bridgehead atoms. The van der Waals surface area contributed by atoms with E-state index in [0.29, 0.717) is 17.7 Å². The van der Waals surface area contributed by atoms with E-state index in [0.717, 1.165) is 0 Å². The van der Waals surface area contributed by atoms with E-state index < -0.39 is 23.5 Å². The van der Waals surface area contributed by atoms with Crippen molar-refractivity contribution >= 4 is 11.9 Å². The van der Waals surface area contributed by atoms with Gasteiger partial charge in [0.1, 0.15) is 11.5 Å². The average molecular weight is 410 g/mol. The van der Waals surface area contributed by atoms with Crippen LogP contribution in [0.15, 0.2) is 71.2 Å². The second-order valence-corrected chi connectivity index (χ2v) is 6.06. The third-order valence-corrected chi connectivity index (χ3v) is 3.96. The third kappa shape index (κ3) is 4.96. The van der Waals surface area contributed by atoms with Crippen molar-refractivity contribution in [3.63, 3.8) is 0 Å². The van der Waals surface area contributed by atoms with Gasteiger partial charge in [-0.25, -0.2) is 0 Å². The van der Waals surface area contributed by atoms with Crippen LogP contribution in [-0.4, -0.2) is 5.78 Å². The first-order chi connectivity index (χ1) is 13.5. The molecule has 0 aliphatic rings. The average Bonchev–Trinajstić information content (AvgIpc) is 3.14. The lowest BCUT2D eigenvalue weighted by atomic mass is 10.0. The number of ketones is 1. The summed E-state index contributed by atoms with van der Waals surface area (Å²) < 4.78 is 83.2. The van der Waals surface area contributed by atoms with E-state index in [1.807, 2.05) is 0 Å². The Morgan fingerprint density at radius 1 is 0.793 bits per heavy atom. The summed E-state index contributed by atoms with van der Waals surface area (Å²) in [5, 5.41) is 0. The van der Waals surface area contributed by atoms with Gasteiger partial charge in [-0.3, -0.25) is 4.79 Å². The molecule has 0 fully saturated rings. The molecular weight excluding hydrogens is 398 g/mol. The van der Waals surface area contributed by atoms with E-state index in [4.69, 9.17) is 4.42 Å². The van der Waals surface area contributed by atoms with Gasteiger partial charge in [0.25, 0.3) is 0 Å². The topological polar surface area (TPSA) is 30.2 Å². The van der Waals surface area contributed by atoms with Crippen LogP contribution in [0.3, 0.4) is 0 Å². The molecule has 2 nitrogen and oxygen atoms in total. The van der Waals surface area contributed by atoms with Crippen molar-refractivity contribution in [3.8, 4) is 11.3 Å². The number of hydrogen-bond acceptors (Lipinski definition) is 2. The predicted octanol–water partition coefficient (Wildman–Crippen LogP) is 6.88. The number of furan rings is 1. The minimum absolute atomic E-state index is 0.0474. The van der Waals surface area contributed by atoms with Gasteiger partial charge in [-0.2, -0.15) is 26.3 Å². The number of hydrogen-bond donors (Lipinski definition) is 0. The second kappa shape index (κ2) is 7.62. The molecule has 0 saturated carbocycles. The van der Waals surface area contributed by atoms with E-state index in [9.17, 15) is 31.1 Å². The van der Waals surface area contributed by atoms with Gasteiger partial charge in [-0.05, 0) is 42.5 Å². The molecule has 8 heteroatoms. The molecule has 1 heterocycles. The lowest BCUT2D eigenvalue weighted by Gasteiger charge is -2.13. The number of carbonyl (C=O) groups excluding carboxylic acids is 1. The molecule has 0 aliphatic heterocycles. The Balaban J connectivity index is 1.92. The van der Waals surface area contributed by atoms with Crippen molar-refractivity contribution in [2.24, 2.45) is 0 Å². The molecule has 0 unspecified atom stereocenters. The smallest absolute Gasteiger partial charge is 0.416 e. The first kappa shape index (κ1) is 20.4. The normalized spacial score (nSPS) is 12.5. The van der Waals surface area contributed by atoms with Crippen LogP contribution in [0.5, 0.6) is 0 Å². The summed E-state index contributed by atoms with van der Waals surface area (Å²) in [6.45, 7) is 0. The molecule has 0 radical (unpaired) electrons. The van der Waals surface area contributed by atoms with Crippen molar-refractivity contribution in [2.45, 2.75) is 12.4 Å². The van der Waals surface area contributed by atoms with Gasteiger partial charge in [0.15, 0.2) is 5.78 Å². The van der Waals surface area contributed by atoms with Gasteiger partial charge in [-0.1, -0.05) is 30.3 Å². The van der Waals surface area contributed by atoms with Crippen LogP contribution < -0.4 is 0 Å². The van der Waals surface area contributed by atoms with Gasteiger partial charge in [-0.15, -0.1) is 0 Å². The Morgan fingerprint density at radius 2 is 1.38 bits per heavy atom. The fourth-order valence-electron chi connectivity index (χ4n) is 2.55. The quantitative estimate of drug-likeness (QED) is 0.267. The summed E-state index contributed by atoms with van der Waals surface area (Å²) in [5.74, 6) is -0.411. The zero-order valence-electron chi connectivity index (χ0n) is 14.5. The highest BCUT2D eigenvalue weighted by Crippen LogP contribution is 2.39. The first-order valence-corrected chi connectivity index (χ1v) is 8.21. The van der Waals surface area contributed by atoms with Crippen LogP contribution >= 0.6 is 0 Å². The number of halogens is 6. The van der Waals surface area contributed by atoms with E-state index >= 15 is 0 Å². The van der Waals surface area contributed by atoms with Crippen LogP contribution in [0.2, 0.25) is 0 Å². The second-order valence-electron chi connectivity index (χ2n) is 6.06. The molecule has 0 spiro atoms. The maximum atomic E-state index is 13.0.